The van der Waals surface area contributed by atoms with Gasteiger partial charge >= 0.3 is 0 Å². The van der Waals surface area contributed by atoms with Gasteiger partial charge in [-0.15, -0.1) is 0 Å². The van der Waals surface area contributed by atoms with E-state index in [2.05, 4.69) is 9.80 Å². The molecule has 0 atom stereocenters. The molecule has 0 aromatic heterocycles. The molecule has 1 fully saturated rings. The fraction of sp³-hybridized carbons (Fsp3) is 0.462. The summed E-state index contributed by atoms with van der Waals surface area (Å²) in [4.78, 5) is 25.4. The molecule has 0 bridgehead atoms. The number of aliphatic hydroxyl groups is 1. The summed E-state index contributed by atoms with van der Waals surface area (Å²) in [7, 11) is 0. The van der Waals surface area contributed by atoms with Crippen LogP contribution in [0.5, 0.6) is 0 Å². The molecule has 1 aromatic carbocycles. The van der Waals surface area contributed by atoms with Gasteiger partial charge in [0.15, 0.2) is 6.29 Å². The van der Waals surface area contributed by atoms with Crippen LogP contribution >= 0.6 is 0 Å². The second-order valence-electron chi connectivity index (χ2n) is 4.67. The highest BCUT2D eigenvalue weighted by Crippen LogP contribution is 2.25. The van der Waals surface area contributed by atoms with Crippen LogP contribution in [0.4, 0.5) is 11.4 Å². The number of β-amino-alcohol motifs (C(OH)–C–C–N with tert-alkyl or cyclic N) is 1. The molecule has 0 aliphatic carbocycles. The van der Waals surface area contributed by atoms with Crippen molar-refractivity contribution in [3.05, 3.63) is 33.9 Å². The topological polar surface area (TPSA) is 86.9 Å². The number of hydrogen-bond donors (Lipinski definition) is 1. The van der Waals surface area contributed by atoms with E-state index in [0.717, 1.165) is 31.9 Å². The minimum atomic E-state index is -0.532. The highest BCUT2D eigenvalue weighted by atomic mass is 16.6. The standard InChI is InChI=1S/C13H17N3O4/c17-8-7-14-3-5-15(6-4-14)12-2-1-11(10-18)13(9-12)16(19)20/h1-2,9-10,17H,3-8H2. The van der Waals surface area contributed by atoms with Crippen LogP contribution in [0, 0.1) is 10.1 Å². The van der Waals surface area contributed by atoms with Crippen molar-refractivity contribution in [1.29, 1.82) is 0 Å². The fourth-order valence-corrected chi connectivity index (χ4v) is 2.36. The van der Waals surface area contributed by atoms with Crippen LogP contribution in [0.1, 0.15) is 10.4 Å². The molecule has 108 valence electrons. The SMILES string of the molecule is O=Cc1ccc(N2CCN(CCO)CC2)cc1[N+](=O)[O-]. The Morgan fingerprint density at radius 3 is 2.55 bits per heavy atom. The molecule has 1 saturated heterocycles. The van der Waals surface area contributed by atoms with Gasteiger partial charge in [-0.1, -0.05) is 0 Å². The molecule has 0 spiro atoms. The zero-order valence-corrected chi connectivity index (χ0v) is 11.1. The van der Waals surface area contributed by atoms with E-state index in [4.69, 9.17) is 5.11 Å². The molecule has 7 nitrogen and oxygen atoms in total. The average Bonchev–Trinajstić information content (AvgIpc) is 2.47. The lowest BCUT2D eigenvalue weighted by Gasteiger charge is -2.35. The van der Waals surface area contributed by atoms with Gasteiger partial charge in [-0.3, -0.25) is 19.8 Å². The molecule has 1 aliphatic rings. The number of nitro groups is 1. The van der Waals surface area contributed by atoms with Crippen LogP contribution in [-0.2, 0) is 0 Å². The Hall–Kier alpha value is -1.99. The number of carbonyl (C=O) groups excluding carboxylic acids is 1. The molecular formula is C13H17N3O4. The molecule has 0 saturated carbocycles. The van der Waals surface area contributed by atoms with Gasteiger partial charge in [-0.05, 0) is 12.1 Å². The third-order valence-electron chi connectivity index (χ3n) is 3.49. The van der Waals surface area contributed by atoms with Gasteiger partial charge in [-0.2, -0.15) is 0 Å². The van der Waals surface area contributed by atoms with E-state index in [-0.39, 0.29) is 17.9 Å². The molecular weight excluding hydrogens is 262 g/mol. The lowest BCUT2D eigenvalue weighted by atomic mass is 10.1. The van der Waals surface area contributed by atoms with Crippen molar-refractivity contribution in [1.82, 2.24) is 4.90 Å². The van der Waals surface area contributed by atoms with Crippen molar-refractivity contribution < 1.29 is 14.8 Å². The summed E-state index contributed by atoms with van der Waals surface area (Å²) in [5.41, 5.74) is 0.693. The number of aliphatic hydroxyl groups excluding tert-OH is 1. The summed E-state index contributed by atoms with van der Waals surface area (Å²) in [6.07, 6.45) is 0.501. The molecule has 7 heteroatoms. The van der Waals surface area contributed by atoms with E-state index < -0.39 is 4.92 Å². The summed E-state index contributed by atoms with van der Waals surface area (Å²) >= 11 is 0. The zero-order valence-electron chi connectivity index (χ0n) is 11.1. The lowest BCUT2D eigenvalue weighted by molar-refractivity contribution is -0.385. The first-order valence-electron chi connectivity index (χ1n) is 6.47. The van der Waals surface area contributed by atoms with Gasteiger partial charge in [0.2, 0.25) is 0 Å². The van der Waals surface area contributed by atoms with Crippen molar-refractivity contribution in [3.63, 3.8) is 0 Å². The molecule has 1 heterocycles. The highest BCUT2D eigenvalue weighted by molar-refractivity contribution is 5.83. The van der Waals surface area contributed by atoms with Crippen LogP contribution in [0.2, 0.25) is 0 Å². The van der Waals surface area contributed by atoms with Gasteiger partial charge in [0.05, 0.1) is 17.1 Å². The van der Waals surface area contributed by atoms with E-state index in [0.29, 0.717) is 12.8 Å². The van der Waals surface area contributed by atoms with Gasteiger partial charge < -0.3 is 10.0 Å². The van der Waals surface area contributed by atoms with Crippen LogP contribution < -0.4 is 4.90 Å². The van der Waals surface area contributed by atoms with Crippen molar-refractivity contribution in [2.75, 3.05) is 44.2 Å². The molecule has 0 amide bonds. The van der Waals surface area contributed by atoms with Crippen molar-refractivity contribution >= 4 is 17.7 Å². The first-order valence-corrected chi connectivity index (χ1v) is 6.47. The number of aldehydes is 1. The van der Waals surface area contributed by atoms with Gasteiger partial charge in [0, 0.05) is 44.5 Å². The molecule has 1 aliphatic heterocycles. The van der Waals surface area contributed by atoms with E-state index in [1.54, 1.807) is 6.07 Å². The maximum atomic E-state index is 10.9. The van der Waals surface area contributed by atoms with Crippen molar-refractivity contribution in [3.8, 4) is 0 Å². The first kappa shape index (κ1) is 14.4. The quantitative estimate of drug-likeness (QED) is 0.480. The lowest BCUT2D eigenvalue weighted by Crippen LogP contribution is -2.47. The highest BCUT2D eigenvalue weighted by Gasteiger charge is 2.20. The monoisotopic (exact) mass is 279 g/mol. The predicted molar refractivity (Wildman–Crippen MR) is 74.2 cm³/mol. The minimum Gasteiger partial charge on any atom is -0.395 e. The molecule has 20 heavy (non-hydrogen) atoms. The van der Waals surface area contributed by atoms with E-state index in [1.807, 2.05) is 0 Å². The first-order chi connectivity index (χ1) is 9.65. The second kappa shape index (κ2) is 6.44. The Bertz CT molecular complexity index is 498. The predicted octanol–water partition coefficient (Wildman–Crippen LogP) is 0.522. The maximum Gasteiger partial charge on any atom is 0.281 e. The van der Waals surface area contributed by atoms with Crippen molar-refractivity contribution in [2.45, 2.75) is 0 Å². The summed E-state index contributed by atoms with van der Waals surface area (Å²) in [5, 5.41) is 19.8. The van der Waals surface area contributed by atoms with E-state index in [9.17, 15) is 14.9 Å². The molecule has 0 unspecified atom stereocenters. The van der Waals surface area contributed by atoms with Gasteiger partial charge in [-0.25, -0.2) is 0 Å². The number of rotatable bonds is 5. The van der Waals surface area contributed by atoms with Crippen LogP contribution in [0.25, 0.3) is 0 Å². The normalized spacial score (nSPS) is 16.1. The Morgan fingerprint density at radius 2 is 2.00 bits per heavy atom. The Kier molecular flexibility index (Phi) is 4.65. The van der Waals surface area contributed by atoms with Gasteiger partial charge in [0.1, 0.15) is 0 Å². The minimum absolute atomic E-state index is 0.0951. The van der Waals surface area contributed by atoms with Crippen molar-refractivity contribution in [2.24, 2.45) is 0 Å². The summed E-state index contributed by atoms with van der Waals surface area (Å²) < 4.78 is 0. The molecule has 0 radical (unpaired) electrons. The number of benzene rings is 1. The smallest absolute Gasteiger partial charge is 0.281 e. The zero-order chi connectivity index (χ0) is 14.5. The Balaban J connectivity index is 2.12. The van der Waals surface area contributed by atoms with Crippen LogP contribution in [0.3, 0.4) is 0 Å². The number of nitrogens with zero attached hydrogens (tertiary/aromatic N) is 3. The third-order valence-corrected chi connectivity index (χ3v) is 3.49. The Morgan fingerprint density at radius 1 is 1.30 bits per heavy atom. The van der Waals surface area contributed by atoms with E-state index in [1.165, 1.54) is 12.1 Å². The molecule has 2 rings (SSSR count). The summed E-state index contributed by atoms with van der Waals surface area (Å²) in [6.45, 7) is 3.90. The second-order valence-corrected chi connectivity index (χ2v) is 4.67. The number of nitro benzene ring substituents is 1. The summed E-state index contributed by atoms with van der Waals surface area (Å²) in [6, 6.07) is 4.67. The number of carbonyl (C=O) groups is 1. The molecule has 1 aromatic rings. The fourth-order valence-electron chi connectivity index (χ4n) is 2.36. The summed E-state index contributed by atoms with van der Waals surface area (Å²) in [5.74, 6) is 0. The van der Waals surface area contributed by atoms with Crippen LogP contribution in [-0.4, -0.2) is 60.5 Å². The average molecular weight is 279 g/mol. The largest absolute Gasteiger partial charge is 0.395 e. The van der Waals surface area contributed by atoms with Crippen LogP contribution in [0.15, 0.2) is 18.2 Å². The number of piperazine rings is 1. The number of hydrogen-bond acceptors (Lipinski definition) is 6. The van der Waals surface area contributed by atoms with Gasteiger partial charge in [0.25, 0.3) is 5.69 Å². The maximum absolute atomic E-state index is 10.9. The third kappa shape index (κ3) is 3.12. The Labute approximate surface area is 116 Å². The number of anilines is 1. The van der Waals surface area contributed by atoms with E-state index >= 15 is 0 Å². The molecule has 1 N–H and O–H groups in total.